The Hall–Kier alpha value is -1.02. The lowest BCUT2D eigenvalue weighted by Gasteiger charge is -2.15. The molecule has 20 heavy (non-hydrogen) atoms. The van der Waals surface area contributed by atoms with Crippen LogP contribution in [0.25, 0.3) is 0 Å². The number of nitrogens with zero attached hydrogens (tertiary/aromatic N) is 1. The van der Waals surface area contributed by atoms with Gasteiger partial charge in [0.2, 0.25) is 11.9 Å². The van der Waals surface area contributed by atoms with Gasteiger partial charge in [-0.3, -0.25) is 19.8 Å². The molecular weight excluding hydrogens is 350 g/mol. The number of alkyl halides is 1. The van der Waals surface area contributed by atoms with Crippen LogP contribution in [-0.4, -0.2) is 34.5 Å². The van der Waals surface area contributed by atoms with E-state index in [1.165, 1.54) is 0 Å². The van der Waals surface area contributed by atoms with Crippen LogP contribution in [0.4, 0.5) is 0 Å². The summed E-state index contributed by atoms with van der Waals surface area (Å²) in [5.74, 6) is -0.0506. The molecular formula is C12H15BrClN3O3+2. The summed E-state index contributed by atoms with van der Waals surface area (Å²) in [6, 6.07) is 6.66. The van der Waals surface area contributed by atoms with Crippen molar-refractivity contribution in [2.45, 2.75) is 24.2 Å². The van der Waals surface area contributed by atoms with Crippen molar-refractivity contribution in [2.75, 3.05) is 6.54 Å². The Morgan fingerprint density at radius 1 is 1.50 bits per heavy atom. The predicted molar refractivity (Wildman–Crippen MR) is 76.5 cm³/mol. The maximum absolute atomic E-state index is 12.2. The summed E-state index contributed by atoms with van der Waals surface area (Å²) in [6.45, 7) is 2.09. The number of nitro groups is 1. The zero-order valence-corrected chi connectivity index (χ0v) is 13.1. The van der Waals surface area contributed by atoms with Gasteiger partial charge < -0.3 is 0 Å². The molecule has 1 unspecified atom stereocenters. The Labute approximate surface area is 129 Å². The van der Waals surface area contributed by atoms with Gasteiger partial charge in [-0.1, -0.05) is 11.6 Å². The summed E-state index contributed by atoms with van der Waals surface area (Å²) < 4.78 is 0. The van der Waals surface area contributed by atoms with Crippen LogP contribution in [0.5, 0.6) is 0 Å². The minimum Gasteiger partial charge on any atom is -0.288 e. The zero-order valence-electron chi connectivity index (χ0n) is 10.8. The molecule has 1 heterocycles. The highest BCUT2D eigenvalue weighted by atomic mass is 79.9. The van der Waals surface area contributed by atoms with Gasteiger partial charge in [0.05, 0.1) is 4.92 Å². The Morgan fingerprint density at radius 2 is 2.10 bits per heavy atom. The second-order valence-electron chi connectivity index (χ2n) is 4.84. The average molecular weight is 365 g/mol. The van der Waals surface area contributed by atoms with Crippen LogP contribution in [0, 0.1) is 10.1 Å². The lowest BCUT2D eigenvalue weighted by atomic mass is 10.1. The smallest absolute Gasteiger partial charge is 0.288 e. The van der Waals surface area contributed by atoms with Crippen molar-refractivity contribution >= 4 is 33.3 Å². The second-order valence-corrected chi connectivity index (χ2v) is 6.26. The largest absolute Gasteiger partial charge is 0.399 e. The lowest BCUT2D eigenvalue weighted by Crippen LogP contribution is -3.22. The quantitative estimate of drug-likeness (QED) is 0.252. The van der Waals surface area contributed by atoms with Crippen LogP contribution in [-0.2, 0) is 0 Å². The van der Waals surface area contributed by atoms with E-state index in [-0.39, 0.29) is 28.4 Å². The molecule has 1 aliphatic heterocycles. The minimum absolute atomic E-state index is 0.0500. The number of Topliss-reactive ketones (excluding diaryl/α,β-unsaturated/α-hetero) is 1. The fourth-order valence-corrected chi connectivity index (χ4v) is 3.42. The van der Waals surface area contributed by atoms with Crippen LogP contribution in [0.2, 0.25) is 5.02 Å². The van der Waals surface area contributed by atoms with E-state index in [2.05, 4.69) is 15.9 Å². The molecule has 1 saturated heterocycles. The van der Waals surface area contributed by atoms with Crippen LogP contribution in [0.1, 0.15) is 17.3 Å². The number of rotatable bonds is 4. The standard InChI is InChI=1S/C12H13BrClN3O3/c1-7-15-12(17(19)20)11(13)16(7)6-10(18)8-2-4-9(14)5-3-8/h2-5,7,11-12,15H,6H2,1H3/p+2/t7-,11-,12+/m1/s1. The van der Waals surface area contributed by atoms with Crippen molar-refractivity contribution in [3.63, 3.8) is 0 Å². The molecule has 108 valence electrons. The van der Waals surface area contributed by atoms with E-state index in [0.717, 1.165) is 4.90 Å². The van der Waals surface area contributed by atoms with Crippen molar-refractivity contribution < 1.29 is 19.9 Å². The number of nitrogens with one attached hydrogen (secondary N) is 1. The molecule has 0 aliphatic carbocycles. The molecule has 0 spiro atoms. The van der Waals surface area contributed by atoms with Gasteiger partial charge >= 0.3 is 6.17 Å². The predicted octanol–water partition coefficient (Wildman–Crippen LogP) is -0.346. The van der Waals surface area contributed by atoms with Crippen LogP contribution < -0.4 is 10.2 Å². The van der Waals surface area contributed by atoms with Gasteiger partial charge in [-0.25, -0.2) is 5.32 Å². The molecule has 3 N–H and O–H groups in total. The Balaban J connectivity index is 2.07. The van der Waals surface area contributed by atoms with Gasteiger partial charge in [-0.15, -0.1) is 0 Å². The fourth-order valence-electron chi connectivity index (χ4n) is 2.35. The third-order valence-electron chi connectivity index (χ3n) is 3.50. The second kappa shape index (κ2) is 6.17. The van der Waals surface area contributed by atoms with E-state index in [1.54, 1.807) is 29.6 Å². The third-order valence-corrected chi connectivity index (χ3v) is 4.88. The van der Waals surface area contributed by atoms with Gasteiger partial charge in [-0.2, -0.15) is 0 Å². The van der Waals surface area contributed by atoms with E-state index in [4.69, 9.17) is 11.6 Å². The number of carbonyl (C=O) groups excluding carboxylic acids is 1. The molecule has 0 saturated carbocycles. The number of halogens is 2. The number of carbonyl (C=O) groups is 1. The van der Waals surface area contributed by atoms with Gasteiger partial charge in [0.25, 0.3) is 4.95 Å². The molecule has 0 amide bonds. The highest BCUT2D eigenvalue weighted by Crippen LogP contribution is 2.10. The normalized spacial score (nSPS) is 29.4. The first-order valence-corrected chi connectivity index (χ1v) is 7.46. The SMILES string of the molecule is C[C@@H]1[NH2+][C@@H]([N+](=O)[O-])[C@H](Br)[NH+]1CC(=O)c1ccc(Cl)cc1. The number of nitrogens with two attached hydrogens (primary N) is 1. The van der Waals surface area contributed by atoms with Crippen molar-refractivity contribution in [3.05, 3.63) is 45.0 Å². The Bertz CT molecular complexity index is 525. The van der Waals surface area contributed by atoms with Crippen molar-refractivity contribution in [1.29, 1.82) is 0 Å². The molecule has 1 aromatic rings. The van der Waals surface area contributed by atoms with Gasteiger partial charge in [0.15, 0.2) is 0 Å². The molecule has 8 heteroatoms. The van der Waals surface area contributed by atoms with Crippen LogP contribution in [0.15, 0.2) is 24.3 Å². The molecule has 2 rings (SSSR count). The van der Waals surface area contributed by atoms with E-state index < -0.39 is 6.17 Å². The summed E-state index contributed by atoms with van der Waals surface area (Å²) in [6.07, 6.45) is -0.816. The molecule has 0 bridgehead atoms. The van der Waals surface area contributed by atoms with E-state index in [0.29, 0.717) is 10.6 Å². The summed E-state index contributed by atoms with van der Waals surface area (Å²) in [5, 5.41) is 13.2. The Kier molecular flexibility index (Phi) is 4.74. The van der Waals surface area contributed by atoms with Gasteiger partial charge in [-0.05, 0) is 40.2 Å². The molecule has 0 aromatic heterocycles. The number of benzene rings is 1. The molecule has 1 fully saturated rings. The van der Waals surface area contributed by atoms with Crippen molar-refractivity contribution in [2.24, 2.45) is 0 Å². The van der Waals surface area contributed by atoms with E-state index in [9.17, 15) is 14.9 Å². The summed E-state index contributed by atoms with van der Waals surface area (Å²) in [4.78, 5) is 23.3. The maximum atomic E-state index is 12.2. The Morgan fingerprint density at radius 3 is 2.60 bits per heavy atom. The first-order chi connectivity index (χ1) is 9.40. The van der Waals surface area contributed by atoms with Gasteiger partial charge in [0.1, 0.15) is 6.54 Å². The van der Waals surface area contributed by atoms with Crippen LogP contribution >= 0.6 is 27.5 Å². The average Bonchev–Trinajstić information content (AvgIpc) is 2.67. The maximum Gasteiger partial charge on any atom is 0.399 e. The van der Waals surface area contributed by atoms with Gasteiger partial charge in [0, 0.05) is 17.5 Å². The third kappa shape index (κ3) is 3.17. The topological polar surface area (TPSA) is 81.3 Å². The van der Waals surface area contributed by atoms with E-state index in [1.807, 2.05) is 6.92 Å². The monoisotopic (exact) mass is 363 g/mol. The zero-order chi connectivity index (χ0) is 14.9. The first kappa shape index (κ1) is 15.4. The summed E-state index contributed by atoms with van der Waals surface area (Å²) in [7, 11) is 0. The summed E-state index contributed by atoms with van der Waals surface area (Å²) >= 11 is 9.12. The lowest BCUT2D eigenvalue weighted by molar-refractivity contribution is -0.990. The molecule has 4 atom stereocenters. The molecule has 1 aliphatic rings. The van der Waals surface area contributed by atoms with Crippen molar-refractivity contribution in [3.8, 4) is 0 Å². The van der Waals surface area contributed by atoms with E-state index >= 15 is 0 Å². The number of ketones is 1. The highest BCUT2D eigenvalue weighted by molar-refractivity contribution is 9.09. The number of quaternary nitrogens is 2. The van der Waals surface area contributed by atoms with Crippen LogP contribution in [0.3, 0.4) is 0 Å². The molecule has 1 aromatic carbocycles. The summed E-state index contributed by atoms with van der Waals surface area (Å²) in [5.41, 5.74) is 0.568. The number of hydrogen-bond donors (Lipinski definition) is 2. The minimum atomic E-state index is -0.766. The highest BCUT2D eigenvalue weighted by Gasteiger charge is 2.52. The first-order valence-electron chi connectivity index (χ1n) is 6.17. The molecule has 0 radical (unpaired) electrons. The fraction of sp³-hybridized carbons (Fsp3) is 0.417. The number of hydrogen-bond acceptors (Lipinski definition) is 3. The van der Waals surface area contributed by atoms with Crippen molar-refractivity contribution in [1.82, 2.24) is 0 Å². The molecule has 6 nitrogen and oxygen atoms in total.